The summed E-state index contributed by atoms with van der Waals surface area (Å²) in [6.07, 6.45) is 2.31. The highest BCUT2D eigenvalue weighted by Crippen LogP contribution is 2.18. The lowest BCUT2D eigenvalue weighted by atomic mass is 10.1. The molecule has 1 amide bonds. The van der Waals surface area contributed by atoms with Gasteiger partial charge in [0.15, 0.2) is 0 Å². The molecule has 0 saturated heterocycles. The van der Waals surface area contributed by atoms with Gasteiger partial charge in [0, 0.05) is 12.1 Å². The van der Waals surface area contributed by atoms with Crippen LogP contribution in [0.15, 0.2) is 18.2 Å². The second kappa shape index (κ2) is 6.94. The Kier molecular flexibility index (Phi) is 5.56. The first-order valence-corrected chi connectivity index (χ1v) is 6.42. The fourth-order valence-corrected chi connectivity index (χ4v) is 1.72. The topological polar surface area (TPSA) is 46.2 Å². The predicted octanol–water partition coefficient (Wildman–Crippen LogP) is 3.39. The van der Waals surface area contributed by atoms with Crippen LogP contribution >= 0.6 is 0 Å². The second-order valence-corrected chi connectivity index (χ2v) is 4.61. The molecule has 0 spiro atoms. The van der Waals surface area contributed by atoms with Crippen LogP contribution in [0, 0.1) is 13.8 Å². The molecule has 0 aromatic heterocycles. The van der Waals surface area contributed by atoms with E-state index in [0.717, 1.165) is 29.7 Å². The Morgan fingerprint density at radius 3 is 2.61 bits per heavy atom. The number of carbonyl (C=O) groups is 2. The highest BCUT2D eigenvalue weighted by atomic mass is 16.2. The van der Waals surface area contributed by atoms with E-state index in [2.05, 4.69) is 5.32 Å². The van der Waals surface area contributed by atoms with Gasteiger partial charge in [-0.15, -0.1) is 0 Å². The lowest BCUT2D eigenvalue weighted by Crippen LogP contribution is -2.17. The van der Waals surface area contributed by atoms with E-state index in [4.69, 9.17) is 0 Å². The third kappa shape index (κ3) is 4.32. The van der Waals surface area contributed by atoms with E-state index in [0.29, 0.717) is 6.42 Å². The Bertz CT molecular complexity index is 438. The first-order chi connectivity index (χ1) is 8.54. The molecule has 0 aliphatic rings. The molecule has 1 aromatic carbocycles. The van der Waals surface area contributed by atoms with E-state index in [1.165, 1.54) is 0 Å². The Morgan fingerprint density at radius 2 is 1.94 bits per heavy atom. The van der Waals surface area contributed by atoms with Crippen LogP contribution in [-0.4, -0.2) is 11.7 Å². The van der Waals surface area contributed by atoms with Gasteiger partial charge in [0.2, 0.25) is 5.91 Å². The van der Waals surface area contributed by atoms with Gasteiger partial charge in [-0.3, -0.25) is 9.59 Å². The number of rotatable bonds is 6. The van der Waals surface area contributed by atoms with Crippen molar-refractivity contribution in [3.8, 4) is 0 Å². The number of carbonyl (C=O) groups excluding carboxylic acids is 2. The van der Waals surface area contributed by atoms with E-state index in [1.54, 1.807) is 0 Å². The van der Waals surface area contributed by atoms with Crippen LogP contribution in [0.4, 0.5) is 5.69 Å². The number of benzene rings is 1. The molecule has 0 heterocycles. The Labute approximate surface area is 109 Å². The van der Waals surface area contributed by atoms with Gasteiger partial charge in [0.25, 0.3) is 0 Å². The summed E-state index contributed by atoms with van der Waals surface area (Å²) >= 11 is 0. The van der Waals surface area contributed by atoms with Crippen molar-refractivity contribution in [2.45, 2.75) is 46.5 Å². The SMILES string of the molecule is CCCCC(=O)CC(=O)Nc1cccc(C)c1C. The summed E-state index contributed by atoms with van der Waals surface area (Å²) in [6.45, 7) is 5.99. The third-order valence-electron chi connectivity index (χ3n) is 3.05. The highest BCUT2D eigenvalue weighted by molar-refractivity contribution is 6.04. The van der Waals surface area contributed by atoms with Gasteiger partial charge >= 0.3 is 0 Å². The average molecular weight is 247 g/mol. The van der Waals surface area contributed by atoms with Crippen LogP contribution in [0.3, 0.4) is 0 Å². The number of Topliss-reactive ketones (excluding diaryl/α,β-unsaturated/α-hetero) is 1. The van der Waals surface area contributed by atoms with Crippen LogP contribution < -0.4 is 5.32 Å². The summed E-state index contributed by atoms with van der Waals surface area (Å²) in [5.74, 6) is -0.204. The fourth-order valence-electron chi connectivity index (χ4n) is 1.72. The molecule has 3 nitrogen and oxygen atoms in total. The molecule has 1 rings (SSSR count). The lowest BCUT2D eigenvalue weighted by Gasteiger charge is -2.09. The molecule has 1 aromatic rings. The molecule has 0 radical (unpaired) electrons. The Hall–Kier alpha value is -1.64. The van der Waals surface area contributed by atoms with Gasteiger partial charge in [-0.1, -0.05) is 25.5 Å². The summed E-state index contributed by atoms with van der Waals surface area (Å²) in [5.41, 5.74) is 2.97. The van der Waals surface area contributed by atoms with Crippen molar-refractivity contribution in [3.63, 3.8) is 0 Å². The molecule has 0 saturated carbocycles. The number of aryl methyl sites for hydroxylation is 1. The minimum atomic E-state index is -0.218. The van der Waals surface area contributed by atoms with Crippen LogP contribution in [0.2, 0.25) is 0 Å². The molecule has 18 heavy (non-hydrogen) atoms. The van der Waals surface area contributed by atoms with Gasteiger partial charge in [-0.05, 0) is 37.5 Å². The predicted molar refractivity (Wildman–Crippen MR) is 73.7 cm³/mol. The second-order valence-electron chi connectivity index (χ2n) is 4.61. The molecule has 0 unspecified atom stereocenters. The zero-order valence-electron chi connectivity index (χ0n) is 11.4. The van der Waals surface area contributed by atoms with E-state index >= 15 is 0 Å². The first kappa shape index (κ1) is 14.4. The molecule has 1 N–H and O–H groups in total. The van der Waals surface area contributed by atoms with E-state index in [9.17, 15) is 9.59 Å². The Balaban J connectivity index is 2.54. The average Bonchev–Trinajstić information content (AvgIpc) is 2.32. The maximum Gasteiger partial charge on any atom is 0.231 e. The van der Waals surface area contributed by atoms with Gasteiger partial charge in [-0.2, -0.15) is 0 Å². The van der Waals surface area contributed by atoms with Crippen LogP contribution in [0.1, 0.15) is 43.7 Å². The third-order valence-corrected chi connectivity index (χ3v) is 3.05. The van der Waals surface area contributed by atoms with Crippen LogP contribution in [0.25, 0.3) is 0 Å². The standard InChI is InChI=1S/C15H21NO2/c1-4-5-8-13(17)10-15(18)16-14-9-6-7-11(2)12(14)3/h6-7,9H,4-5,8,10H2,1-3H3,(H,16,18). The summed E-state index contributed by atoms with van der Waals surface area (Å²) < 4.78 is 0. The molecular formula is C15H21NO2. The molecule has 0 atom stereocenters. The van der Waals surface area contributed by atoms with Gasteiger partial charge in [0.05, 0.1) is 6.42 Å². The monoisotopic (exact) mass is 247 g/mol. The maximum absolute atomic E-state index is 11.7. The van der Waals surface area contributed by atoms with Gasteiger partial charge < -0.3 is 5.32 Å². The minimum absolute atomic E-state index is 0.0136. The van der Waals surface area contributed by atoms with Crippen molar-refractivity contribution >= 4 is 17.4 Å². The smallest absolute Gasteiger partial charge is 0.231 e. The van der Waals surface area contributed by atoms with Crippen molar-refractivity contribution in [1.82, 2.24) is 0 Å². The van der Waals surface area contributed by atoms with E-state index in [-0.39, 0.29) is 18.1 Å². The zero-order valence-corrected chi connectivity index (χ0v) is 11.4. The van der Waals surface area contributed by atoms with Gasteiger partial charge in [0.1, 0.15) is 5.78 Å². The number of nitrogens with one attached hydrogen (secondary N) is 1. The fraction of sp³-hybridized carbons (Fsp3) is 0.467. The van der Waals surface area contributed by atoms with Crippen LogP contribution in [-0.2, 0) is 9.59 Å². The Morgan fingerprint density at radius 1 is 1.22 bits per heavy atom. The van der Waals surface area contributed by atoms with Gasteiger partial charge in [-0.25, -0.2) is 0 Å². The van der Waals surface area contributed by atoms with Crippen molar-refractivity contribution in [3.05, 3.63) is 29.3 Å². The molecule has 0 aliphatic heterocycles. The summed E-state index contributed by atoms with van der Waals surface area (Å²) in [7, 11) is 0. The van der Waals surface area contributed by atoms with E-state index < -0.39 is 0 Å². The molecular weight excluding hydrogens is 226 g/mol. The summed E-state index contributed by atoms with van der Waals surface area (Å²) in [5, 5.41) is 2.80. The normalized spacial score (nSPS) is 10.2. The summed E-state index contributed by atoms with van der Waals surface area (Å²) in [6, 6.07) is 5.75. The zero-order chi connectivity index (χ0) is 13.5. The highest BCUT2D eigenvalue weighted by Gasteiger charge is 2.10. The number of amides is 1. The van der Waals surface area contributed by atoms with Crippen molar-refractivity contribution in [2.75, 3.05) is 5.32 Å². The van der Waals surface area contributed by atoms with Crippen LogP contribution in [0.5, 0.6) is 0 Å². The number of unbranched alkanes of at least 4 members (excludes halogenated alkanes) is 1. The first-order valence-electron chi connectivity index (χ1n) is 6.42. The van der Waals surface area contributed by atoms with Crippen molar-refractivity contribution in [1.29, 1.82) is 0 Å². The quantitative estimate of drug-likeness (QED) is 0.783. The largest absolute Gasteiger partial charge is 0.325 e. The number of hydrogen-bond donors (Lipinski definition) is 1. The molecule has 0 bridgehead atoms. The minimum Gasteiger partial charge on any atom is -0.325 e. The molecule has 0 fully saturated rings. The number of anilines is 1. The van der Waals surface area contributed by atoms with E-state index in [1.807, 2.05) is 39.0 Å². The number of hydrogen-bond acceptors (Lipinski definition) is 2. The summed E-state index contributed by atoms with van der Waals surface area (Å²) in [4.78, 5) is 23.2. The van der Waals surface area contributed by atoms with Crippen molar-refractivity contribution in [2.24, 2.45) is 0 Å². The van der Waals surface area contributed by atoms with Crippen molar-refractivity contribution < 1.29 is 9.59 Å². The molecule has 3 heteroatoms. The number of ketones is 1. The molecule has 0 aliphatic carbocycles. The maximum atomic E-state index is 11.7. The molecule has 98 valence electrons. The lowest BCUT2D eigenvalue weighted by molar-refractivity contribution is -0.125.